The maximum Gasteiger partial charge on any atom is 0.191 e. The Morgan fingerprint density at radius 2 is 1.75 bits per heavy atom. The number of aryl methyl sites for hydroxylation is 1. The van der Waals surface area contributed by atoms with Crippen molar-refractivity contribution < 1.29 is 18.9 Å². The van der Waals surface area contributed by atoms with E-state index < -0.39 is 0 Å². The molecule has 0 spiro atoms. The predicted octanol–water partition coefficient (Wildman–Crippen LogP) is 2.52. The van der Waals surface area contributed by atoms with Crippen molar-refractivity contribution in [1.82, 2.24) is 10.6 Å². The molecule has 160 valence electrons. The second kappa shape index (κ2) is 16.2. The number of aliphatic imine (C=N–C) groups is 1. The molecule has 2 N–H and O–H groups in total. The zero-order chi connectivity index (χ0) is 20.5. The van der Waals surface area contributed by atoms with E-state index in [1.54, 1.807) is 14.2 Å². The highest BCUT2D eigenvalue weighted by Crippen LogP contribution is 2.21. The summed E-state index contributed by atoms with van der Waals surface area (Å²) in [7, 11) is 3.35. The van der Waals surface area contributed by atoms with E-state index in [9.17, 15) is 0 Å². The molecule has 7 heteroatoms. The highest BCUT2D eigenvalue weighted by Gasteiger charge is 2.05. The van der Waals surface area contributed by atoms with Crippen LogP contribution in [0.4, 0.5) is 0 Å². The molecule has 1 aromatic carbocycles. The standard InChI is InChI=1S/C21H37N3O4/c1-5-22-21(23-10-6-7-11-27-14-12-25-3)24-17-19-9-8-18(2)16-20(19)28-15-13-26-4/h8-9,16H,5-7,10-15,17H2,1-4H3,(H2,22,23,24). The van der Waals surface area contributed by atoms with E-state index in [-0.39, 0.29) is 0 Å². The van der Waals surface area contributed by atoms with Crippen molar-refractivity contribution in [1.29, 1.82) is 0 Å². The quantitative estimate of drug-likeness (QED) is 0.270. The first kappa shape index (κ1) is 24.2. The van der Waals surface area contributed by atoms with Crippen molar-refractivity contribution in [2.75, 3.05) is 60.3 Å². The molecule has 1 aromatic rings. The number of nitrogens with zero attached hydrogens (tertiary/aromatic N) is 1. The molecule has 0 aliphatic heterocycles. The molecule has 28 heavy (non-hydrogen) atoms. The van der Waals surface area contributed by atoms with Crippen molar-refractivity contribution in [2.24, 2.45) is 4.99 Å². The average molecular weight is 396 g/mol. The van der Waals surface area contributed by atoms with Gasteiger partial charge in [0.15, 0.2) is 5.96 Å². The summed E-state index contributed by atoms with van der Waals surface area (Å²) in [6.07, 6.45) is 2.03. The van der Waals surface area contributed by atoms with Gasteiger partial charge in [0.2, 0.25) is 0 Å². The molecule has 0 aliphatic rings. The monoisotopic (exact) mass is 395 g/mol. The minimum atomic E-state index is 0.529. The van der Waals surface area contributed by atoms with Gasteiger partial charge in [-0.25, -0.2) is 4.99 Å². The molecule has 0 bridgehead atoms. The first-order valence-corrected chi connectivity index (χ1v) is 10.0. The molecule has 0 fully saturated rings. The van der Waals surface area contributed by atoms with Crippen LogP contribution in [0.2, 0.25) is 0 Å². The predicted molar refractivity (Wildman–Crippen MR) is 113 cm³/mol. The van der Waals surface area contributed by atoms with Gasteiger partial charge in [0, 0.05) is 39.5 Å². The summed E-state index contributed by atoms with van der Waals surface area (Å²) in [5, 5.41) is 6.66. The number of hydrogen-bond donors (Lipinski definition) is 2. The molecule has 0 aliphatic carbocycles. The Balaban J connectivity index is 2.48. The van der Waals surface area contributed by atoms with Gasteiger partial charge in [-0.1, -0.05) is 12.1 Å². The van der Waals surface area contributed by atoms with Crippen LogP contribution in [0.25, 0.3) is 0 Å². The number of nitrogens with one attached hydrogen (secondary N) is 2. The van der Waals surface area contributed by atoms with Gasteiger partial charge in [0.05, 0.1) is 26.4 Å². The topological polar surface area (TPSA) is 73.3 Å². The zero-order valence-corrected chi connectivity index (χ0v) is 17.9. The summed E-state index contributed by atoms with van der Waals surface area (Å²) in [6, 6.07) is 6.20. The second-order valence-electron chi connectivity index (χ2n) is 6.39. The van der Waals surface area contributed by atoms with E-state index in [4.69, 9.17) is 23.9 Å². The number of rotatable bonds is 15. The smallest absolute Gasteiger partial charge is 0.191 e. The maximum absolute atomic E-state index is 5.85. The summed E-state index contributed by atoms with van der Waals surface area (Å²) in [4.78, 5) is 4.70. The maximum atomic E-state index is 5.85. The molecule has 0 unspecified atom stereocenters. The fourth-order valence-corrected chi connectivity index (χ4v) is 2.45. The largest absolute Gasteiger partial charge is 0.491 e. The molecule has 0 atom stereocenters. The van der Waals surface area contributed by atoms with Crippen LogP contribution in [0.5, 0.6) is 5.75 Å². The Labute approximate surface area is 169 Å². The third-order valence-electron chi connectivity index (χ3n) is 3.96. The SMILES string of the molecule is CCNC(=NCc1ccc(C)cc1OCCOC)NCCCCOCCOC. The Morgan fingerprint density at radius 1 is 0.964 bits per heavy atom. The molecule has 0 radical (unpaired) electrons. The molecule has 0 saturated carbocycles. The molecular weight excluding hydrogens is 358 g/mol. The van der Waals surface area contributed by atoms with Crippen molar-refractivity contribution in [3.8, 4) is 5.75 Å². The van der Waals surface area contributed by atoms with E-state index in [1.165, 1.54) is 0 Å². The first-order valence-electron chi connectivity index (χ1n) is 10.0. The number of benzene rings is 1. The number of hydrogen-bond acceptors (Lipinski definition) is 5. The van der Waals surface area contributed by atoms with Gasteiger partial charge in [-0.05, 0) is 38.3 Å². The minimum absolute atomic E-state index is 0.529. The highest BCUT2D eigenvalue weighted by atomic mass is 16.5. The third kappa shape index (κ3) is 11.1. The van der Waals surface area contributed by atoms with Crippen molar-refractivity contribution >= 4 is 5.96 Å². The van der Waals surface area contributed by atoms with Gasteiger partial charge >= 0.3 is 0 Å². The van der Waals surface area contributed by atoms with E-state index in [1.807, 2.05) is 6.07 Å². The molecule has 7 nitrogen and oxygen atoms in total. The van der Waals surface area contributed by atoms with E-state index >= 15 is 0 Å². The lowest BCUT2D eigenvalue weighted by molar-refractivity contribution is 0.0689. The second-order valence-corrected chi connectivity index (χ2v) is 6.39. The summed E-state index contributed by atoms with van der Waals surface area (Å²) in [5.41, 5.74) is 2.23. The Bertz CT molecular complexity index is 552. The number of methoxy groups -OCH3 is 2. The summed E-state index contributed by atoms with van der Waals surface area (Å²) < 4.78 is 21.3. The van der Waals surface area contributed by atoms with Crippen LogP contribution in [0.1, 0.15) is 30.9 Å². The Hall–Kier alpha value is -1.83. The fraction of sp³-hybridized carbons (Fsp3) is 0.667. The van der Waals surface area contributed by atoms with Gasteiger partial charge in [-0.15, -0.1) is 0 Å². The number of ether oxygens (including phenoxy) is 4. The van der Waals surface area contributed by atoms with Crippen LogP contribution in [-0.4, -0.2) is 66.3 Å². The van der Waals surface area contributed by atoms with Gasteiger partial charge in [-0.3, -0.25) is 0 Å². The lowest BCUT2D eigenvalue weighted by Gasteiger charge is -2.13. The van der Waals surface area contributed by atoms with Gasteiger partial charge in [0.1, 0.15) is 12.4 Å². The van der Waals surface area contributed by atoms with Gasteiger partial charge < -0.3 is 29.6 Å². The van der Waals surface area contributed by atoms with Gasteiger partial charge in [0.25, 0.3) is 0 Å². The van der Waals surface area contributed by atoms with E-state index in [0.717, 1.165) is 55.4 Å². The number of guanidine groups is 1. The normalized spacial score (nSPS) is 11.5. The molecule has 0 amide bonds. The lowest BCUT2D eigenvalue weighted by atomic mass is 10.1. The summed E-state index contributed by atoms with van der Waals surface area (Å²) in [6.45, 7) is 9.49. The van der Waals surface area contributed by atoms with Crippen molar-refractivity contribution in [3.05, 3.63) is 29.3 Å². The van der Waals surface area contributed by atoms with Crippen LogP contribution in [0.15, 0.2) is 23.2 Å². The van der Waals surface area contributed by atoms with Crippen molar-refractivity contribution in [2.45, 2.75) is 33.2 Å². The lowest BCUT2D eigenvalue weighted by Crippen LogP contribution is -2.37. The highest BCUT2D eigenvalue weighted by molar-refractivity contribution is 5.79. The van der Waals surface area contributed by atoms with Crippen LogP contribution < -0.4 is 15.4 Å². The molecular formula is C21H37N3O4. The minimum Gasteiger partial charge on any atom is -0.491 e. The van der Waals surface area contributed by atoms with Crippen LogP contribution >= 0.6 is 0 Å². The molecule has 0 aromatic heterocycles. The van der Waals surface area contributed by atoms with Gasteiger partial charge in [-0.2, -0.15) is 0 Å². The summed E-state index contributed by atoms with van der Waals surface area (Å²) >= 11 is 0. The van der Waals surface area contributed by atoms with Crippen LogP contribution in [0.3, 0.4) is 0 Å². The van der Waals surface area contributed by atoms with E-state index in [2.05, 4.69) is 36.6 Å². The zero-order valence-electron chi connectivity index (χ0n) is 17.9. The Morgan fingerprint density at radius 3 is 2.50 bits per heavy atom. The Kier molecular flexibility index (Phi) is 14.0. The average Bonchev–Trinajstić information content (AvgIpc) is 2.69. The van der Waals surface area contributed by atoms with Crippen molar-refractivity contribution in [3.63, 3.8) is 0 Å². The molecule has 1 rings (SSSR count). The fourth-order valence-electron chi connectivity index (χ4n) is 2.45. The molecule has 0 saturated heterocycles. The molecule has 0 heterocycles. The van der Waals surface area contributed by atoms with Crippen LogP contribution in [0, 0.1) is 6.92 Å². The van der Waals surface area contributed by atoms with E-state index in [0.29, 0.717) is 33.0 Å². The van der Waals surface area contributed by atoms with Crippen LogP contribution in [-0.2, 0) is 20.8 Å². The first-order chi connectivity index (χ1) is 13.7. The third-order valence-corrected chi connectivity index (χ3v) is 3.96. The number of unbranched alkanes of at least 4 members (excludes halogenated alkanes) is 1. The summed E-state index contributed by atoms with van der Waals surface area (Å²) in [5.74, 6) is 1.68.